The van der Waals surface area contributed by atoms with Crippen molar-refractivity contribution < 1.29 is 17.9 Å². The van der Waals surface area contributed by atoms with Gasteiger partial charge in [-0.25, -0.2) is 23.2 Å². The molecule has 4 rings (SSSR count). The highest BCUT2D eigenvalue weighted by atomic mass is 35.5. The van der Waals surface area contributed by atoms with E-state index in [-0.39, 0.29) is 49.9 Å². The first kappa shape index (κ1) is 29.5. The third-order valence-corrected chi connectivity index (χ3v) is 7.75. The number of methoxy groups -OCH3 is 1. The van der Waals surface area contributed by atoms with Gasteiger partial charge in [-0.15, -0.1) is 0 Å². The fourth-order valence-corrected chi connectivity index (χ4v) is 5.85. The molecule has 1 atom stereocenters. The zero-order chi connectivity index (χ0) is 29.4. The van der Waals surface area contributed by atoms with E-state index >= 15 is 0 Å². The maximum Gasteiger partial charge on any atom is 0.262 e. The number of rotatable bonds is 9. The Hall–Kier alpha value is -3.45. The lowest BCUT2D eigenvalue weighted by Gasteiger charge is -2.12. The van der Waals surface area contributed by atoms with Crippen LogP contribution < -0.4 is 20.8 Å². The van der Waals surface area contributed by atoms with Crippen LogP contribution in [0.5, 0.6) is 5.75 Å². The summed E-state index contributed by atoms with van der Waals surface area (Å²) in [6.07, 6.45) is 1.83. The van der Waals surface area contributed by atoms with Crippen LogP contribution in [0.2, 0.25) is 10.0 Å². The van der Waals surface area contributed by atoms with E-state index in [1.54, 1.807) is 18.2 Å². The Morgan fingerprint density at radius 3 is 2.48 bits per heavy atom. The molecule has 40 heavy (non-hydrogen) atoms. The van der Waals surface area contributed by atoms with E-state index in [1.807, 2.05) is 13.8 Å². The van der Waals surface area contributed by atoms with Crippen LogP contribution in [0.25, 0.3) is 16.7 Å². The molecule has 4 N–H and O–H groups in total. The molecular formula is C26H28Cl2N6O5S. The Morgan fingerprint density at radius 2 is 1.90 bits per heavy atom. The predicted molar refractivity (Wildman–Crippen MR) is 154 cm³/mol. The molecule has 0 bridgehead atoms. The Morgan fingerprint density at radius 1 is 1.23 bits per heavy atom. The van der Waals surface area contributed by atoms with Crippen molar-refractivity contribution in [3.8, 4) is 11.4 Å². The third-order valence-electron chi connectivity index (χ3n) is 6.28. The summed E-state index contributed by atoms with van der Waals surface area (Å²) in [7, 11) is -2.58. The number of hydrogen-bond acceptors (Lipinski definition) is 7. The highest BCUT2D eigenvalue weighted by molar-refractivity contribution is 7.89. The topological polar surface area (TPSA) is 162 Å². The molecule has 212 valence electrons. The maximum absolute atomic E-state index is 13.4. The van der Waals surface area contributed by atoms with E-state index in [0.29, 0.717) is 23.0 Å². The fraction of sp³-hybridized carbons (Fsp3) is 0.308. The summed E-state index contributed by atoms with van der Waals surface area (Å²) in [5.41, 5.74) is 1.71. The molecule has 0 aliphatic heterocycles. The van der Waals surface area contributed by atoms with E-state index in [9.17, 15) is 18.0 Å². The highest BCUT2D eigenvalue weighted by Gasteiger charge is 2.25. The van der Waals surface area contributed by atoms with Gasteiger partial charge in [0, 0.05) is 19.3 Å². The largest absolute Gasteiger partial charge is 0.495 e. The standard InChI is InChI=1S/C26H28Cl2N6O5S/c1-5-6-13(2)23-22-25(34(33-23)24-17(27)11-16(12-18(24)28)40(29,37)38)31-21(32-26(22)36)10-15-7-8-20(39-4)19(9-15)30-14(3)35/h7-9,11-13H,5-6,10H2,1-4H3,(H,30,35)(H2,29,37,38)(H,31,32,36). The molecular weight excluding hydrogens is 579 g/mol. The van der Waals surface area contributed by atoms with Gasteiger partial charge < -0.3 is 15.0 Å². The number of carbonyl (C=O) groups excluding carboxylic acids is 1. The van der Waals surface area contributed by atoms with Gasteiger partial charge in [-0.05, 0) is 36.2 Å². The molecule has 0 aliphatic rings. The van der Waals surface area contributed by atoms with E-state index < -0.39 is 15.6 Å². The Kier molecular flexibility index (Phi) is 8.55. The number of aromatic nitrogens is 4. The molecule has 2 aromatic heterocycles. The van der Waals surface area contributed by atoms with Crippen molar-refractivity contribution in [2.75, 3.05) is 12.4 Å². The summed E-state index contributed by atoms with van der Waals surface area (Å²) >= 11 is 13.0. The van der Waals surface area contributed by atoms with Gasteiger partial charge in [0.25, 0.3) is 5.56 Å². The quantitative estimate of drug-likeness (QED) is 0.252. The predicted octanol–water partition coefficient (Wildman–Crippen LogP) is 4.52. The smallest absolute Gasteiger partial charge is 0.262 e. The van der Waals surface area contributed by atoms with Crippen LogP contribution in [0.3, 0.4) is 0 Å². The van der Waals surface area contributed by atoms with Crippen LogP contribution in [0.4, 0.5) is 5.69 Å². The van der Waals surface area contributed by atoms with Crippen molar-refractivity contribution >= 4 is 55.9 Å². The molecule has 0 fully saturated rings. The van der Waals surface area contributed by atoms with Crippen molar-refractivity contribution in [1.82, 2.24) is 19.7 Å². The number of hydrogen-bond donors (Lipinski definition) is 3. The summed E-state index contributed by atoms with van der Waals surface area (Å²) in [5, 5.41) is 12.9. The average molecular weight is 608 g/mol. The molecule has 0 saturated carbocycles. The number of ether oxygens (including phenoxy) is 1. The lowest BCUT2D eigenvalue weighted by molar-refractivity contribution is -0.114. The van der Waals surface area contributed by atoms with Gasteiger partial charge in [-0.3, -0.25) is 9.59 Å². The second-order valence-corrected chi connectivity index (χ2v) is 11.7. The fourth-order valence-electron chi connectivity index (χ4n) is 4.50. The van der Waals surface area contributed by atoms with E-state index in [4.69, 9.17) is 43.2 Å². The van der Waals surface area contributed by atoms with Gasteiger partial charge in [0.2, 0.25) is 15.9 Å². The number of anilines is 1. The van der Waals surface area contributed by atoms with Crippen LogP contribution in [0.1, 0.15) is 56.6 Å². The minimum atomic E-state index is -4.07. The van der Waals surface area contributed by atoms with Gasteiger partial charge in [-0.1, -0.05) is 49.5 Å². The molecule has 0 radical (unpaired) electrons. The number of sulfonamides is 1. The first-order valence-electron chi connectivity index (χ1n) is 12.3. The van der Waals surface area contributed by atoms with E-state index in [2.05, 4.69) is 10.3 Å². The van der Waals surface area contributed by atoms with Crippen LogP contribution >= 0.6 is 23.2 Å². The molecule has 4 aromatic rings. The van der Waals surface area contributed by atoms with E-state index in [0.717, 1.165) is 18.4 Å². The zero-order valence-corrected chi connectivity index (χ0v) is 24.5. The molecule has 2 aromatic carbocycles. The summed E-state index contributed by atoms with van der Waals surface area (Å²) in [6, 6.07) is 7.58. The number of halogens is 2. The van der Waals surface area contributed by atoms with Gasteiger partial charge in [-0.2, -0.15) is 5.10 Å². The number of nitrogens with two attached hydrogens (primary N) is 1. The van der Waals surface area contributed by atoms with Crippen molar-refractivity contribution in [3.63, 3.8) is 0 Å². The molecule has 0 aliphatic carbocycles. The first-order valence-corrected chi connectivity index (χ1v) is 14.6. The molecule has 2 heterocycles. The van der Waals surface area contributed by atoms with Crippen molar-refractivity contribution in [3.05, 3.63) is 67.8 Å². The number of fused-ring (bicyclic) bond motifs is 1. The Balaban J connectivity index is 1.92. The van der Waals surface area contributed by atoms with Crippen LogP contribution in [-0.2, 0) is 21.2 Å². The number of carbonyl (C=O) groups is 1. The molecule has 1 unspecified atom stereocenters. The van der Waals surface area contributed by atoms with Crippen molar-refractivity contribution in [2.24, 2.45) is 5.14 Å². The van der Waals surface area contributed by atoms with Gasteiger partial charge in [0.05, 0.1) is 33.4 Å². The third kappa shape index (κ3) is 5.99. The number of amides is 1. The number of benzene rings is 2. The van der Waals surface area contributed by atoms with Crippen molar-refractivity contribution in [2.45, 2.75) is 50.8 Å². The number of nitrogens with zero attached hydrogens (tertiary/aromatic N) is 3. The minimum Gasteiger partial charge on any atom is -0.495 e. The summed E-state index contributed by atoms with van der Waals surface area (Å²) in [5.74, 6) is 0.449. The zero-order valence-electron chi connectivity index (χ0n) is 22.2. The monoisotopic (exact) mass is 606 g/mol. The first-order chi connectivity index (χ1) is 18.8. The molecule has 11 nitrogen and oxygen atoms in total. The van der Waals surface area contributed by atoms with Gasteiger partial charge >= 0.3 is 0 Å². The van der Waals surface area contributed by atoms with Crippen LogP contribution in [0, 0.1) is 0 Å². The molecule has 0 saturated heterocycles. The summed E-state index contributed by atoms with van der Waals surface area (Å²) in [4.78, 5) is 32.4. The number of primary sulfonamides is 1. The molecule has 1 amide bonds. The van der Waals surface area contributed by atoms with Crippen LogP contribution in [0.15, 0.2) is 40.0 Å². The molecule has 14 heteroatoms. The van der Waals surface area contributed by atoms with Crippen molar-refractivity contribution in [1.29, 1.82) is 0 Å². The maximum atomic E-state index is 13.4. The second kappa shape index (κ2) is 11.6. The lowest BCUT2D eigenvalue weighted by atomic mass is 10.0. The Bertz CT molecular complexity index is 1760. The second-order valence-electron chi connectivity index (χ2n) is 9.37. The molecule has 0 spiro atoms. The summed E-state index contributed by atoms with van der Waals surface area (Å²) < 4.78 is 30.5. The SMILES string of the molecule is CCCC(C)c1nn(-c2c(Cl)cc(S(N)(=O)=O)cc2Cl)c2nc(Cc3ccc(OC)c(NC(C)=O)c3)[nH]c(=O)c12. The summed E-state index contributed by atoms with van der Waals surface area (Å²) in [6.45, 7) is 5.38. The average Bonchev–Trinajstić information content (AvgIpc) is 3.23. The highest BCUT2D eigenvalue weighted by Crippen LogP contribution is 2.35. The normalized spacial score (nSPS) is 12.5. The minimum absolute atomic E-state index is 0.0330. The number of nitrogens with one attached hydrogen (secondary N) is 2. The Labute approximate surface area is 240 Å². The van der Waals surface area contributed by atoms with Crippen LogP contribution in [-0.4, -0.2) is 41.2 Å². The number of H-pyrrole nitrogens is 1. The number of aromatic amines is 1. The van der Waals surface area contributed by atoms with Gasteiger partial charge in [0.15, 0.2) is 5.65 Å². The van der Waals surface area contributed by atoms with E-state index in [1.165, 1.54) is 30.8 Å². The van der Waals surface area contributed by atoms with Gasteiger partial charge in [0.1, 0.15) is 22.6 Å². The lowest BCUT2D eigenvalue weighted by Crippen LogP contribution is -2.15.